The third-order valence-corrected chi connectivity index (χ3v) is 3.68. The second-order valence-electron chi connectivity index (χ2n) is 4.56. The number of ether oxygens (including phenoxy) is 1. The van der Waals surface area contributed by atoms with Gasteiger partial charge in [0.1, 0.15) is 5.60 Å². The maximum absolute atomic E-state index is 11.6. The first-order valence-corrected chi connectivity index (χ1v) is 5.60. The van der Waals surface area contributed by atoms with Crippen LogP contribution in [0, 0.1) is 0 Å². The maximum Gasteiger partial charge on any atom is 0.417 e. The molecule has 4 nitrogen and oxygen atoms in total. The fraction of sp³-hybridized carbons (Fsp3) is 0.818. The standard InChI is InChI=1S/C11H17NO3/c1-8-11(6-4-3-5-7-11)15-10(14)12(8)9(2)13/h8H,3-7H2,1-2H3/t8-/m0/s1. The zero-order valence-electron chi connectivity index (χ0n) is 9.28. The molecule has 2 aliphatic rings. The van der Waals surface area contributed by atoms with Gasteiger partial charge in [0.25, 0.3) is 0 Å². The van der Waals surface area contributed by atoms with Crippen molar-refractivity contribution in [3.63, 3.8) is 0 Å². The minimum absolute atomic E-state index is 0.109. The first kappa shape index (κ1) is 10.5. The molecule has 4 heteroatoms. The van der Waals surface area contributed by atoms with Crippen molar-refractivity contribution in [2.24, 2.45) is 0 Å². The van der Waals surface area contributed by atoms with E-state index in [1.807, 2.05) is 6.92 Å². The minimum atomic E-state index is -0.461. The van der Waals surface area contributed by atoms with Crippen LogP contribution in [0.1, 0.15) is 46.0 Å². The summed E-state index contributed by atoms with van der Waals surface area (Å²) in [4.78, 5) is 24.2. The predicted octanol–water partition coefficient (Wildman–Crippen LogP) is 2.08. The van der Waals surface area contributed by atoms with Crippen molar-refractivity contribution in [1.82, 2.24) is 4.90 Å². The van der Waals surface area contributed by atoms with Gasteiger partial charge in [-0.2, -0.15) is 0 Å². The molecule has 0 aromatic carbocycles. The Morgan fingerprint density at radius 3 is 2.47 bits per heavy atom. The highest BCUT2D eigenvalue weighted by Gasteiger charge is 2.53. The first-order valence-electron chi connectivity index (χ1n) is 5.60. The SMILES string of the molecule is CC(=O)N1C(=O)OC2(CCCCC2)[C@@H]1C. The molecule has 0 radical (unpaired) electrons. The van der Waals surface area contributed by atoms with Gasteiger partial charge in [0.15, 0.2) is 0 Å². The van der Waals surface area contributed by atoms with Gasteiger partial charge in [-0.3, -0.25) is 4.79 Å². The lowest BCUT2D eigenvalue weighted by molar-refractivity contribution is -0.127. The van der Waals surface area contributed by atoms with Gasteiger partial charge < -0.3 is 4.74 Å². The Kier molecular flexibility index (Phi) is 2.44. The Hall–Kier alpha value is -1.06. The van der Waals surface area contributed by atoms with Crippen LogP contribution in [-0.4, -0.2) is 28.5 Å². The third kappa shape index (κ3) is 1.52. The summed E-state index contributed by atoms with van der Waals surface area (Å²) in [5, 5.41) is 0. The molecule has 0 aromatic heterocycles. The molecule has 0 aromatic rings. The van der Waals surface area contributed by atoms with Gasteiger partial charge in [-0.1, -0.05) is 6.42 Å². The van der Waals surface area contributed by atoms with Crippen molar-refractivity contribution >= 4 is 12.0 Å². The fourth-order valence-electron chi connectivity index (χ4n) is 2.77. The zero-order chi connectivity index (χ0) is 11.1. The highest BCUT2D eigenvalue weighted by atomic mass is 16.6. The third-order valence-electron chi connectivity index (χ3n) is 3.68. The van der Waals surface area contributed by atoms with Crippen molar-refractivity contribution < 1.29 is 14.3 Å². The van der Waals surface area contributed by atoms with E-state index < -0.39 is 6.09 Å². The molecule has 1 atom stereocenters. The van der Waals surface area contributed by atoms with Crippen molar-refractivity contribution in [2.45, 2.75) is 57.6 Å². The number of imide groups is 1. The van der Waals surface area contributed by atoms with Gasteiger partial charge >= 0.3 is 6.09 Å². The molecule has 1 aliphatic carbocycles. The molecular weight excluding hydrogens is 194 g/mol. The van der Waals surface area contributed by atoms with E-state index in [0.29, 0.717) is 0 Å². The summed E-state index contributed by atoms with van der Waals surface area (Å²) in [5.74, 6) is -0.213. The molecule has 2 rings (SSSR count). The molecule has 0 unspecified atom stereocenters. The monoisotopic (exact) mass is 211 g/mol. The molecule has 0 N–H and O–H groups in total. The molecule has 84 valence electrons. The summed E-state index contributed by atoms with van der Waals surface area (Å²) in [7, 11) is 0. The van der Waals surface area contributed by atoms with Crippen LogP contribution in [0.15, 0.2) is 0 Å². The molecule has 1 spiro atoms. The van der Waals surface area contributed by atoms with Crippen molar-refractivity contribution in [3.05, 3.63) is 0 Å². The summed E-state index contributed by atoms with van der Waals surface area (Å²) in [5.41, 5.74) is -0.388. The van der Waals surface area contributed by atoms with Crippen LogP contribution in [0.4, 0.5) is 4.79 Å². The van der Waals surface area contributed by atoms with E-state index in [4.69, 9.17) is 4.74 Å². The first-order chi connectivity index (χ1) is 7.07. The molecule has 2 fully saturated rings. The molecule has 2 amide bonds. The summed E-state index contributed by atoms with van der Waals surface area (Å²) < 4.78 is 5.44. The van der Waals surface area contributed by atoms with Crippen LogP contribution < -0.4 is 0 Å². The van der Waals surface area contributed by atoms with E-state index >= 15 is 0 Å². The Bertz CT molecular complexity index is 294. The molecule has 1 aliphatic heterocycles. The van der Waals surface area contributed by atoms with Gasteiger partial charge in [0.2, 0.25) is 5.91 Å². The van der Waals surface area contributed by atoms with Crippen LogP contribution in [0.2, 0.25) is 0 Å². The average molecular weight is 211 g/mol. The molecule has 15 heavy (non-hydrogen) atoms. The van der Waals surface area contributed by atoms with Gasteiger partial charge in [0.05, 0.1) is 6.04 Å². The van der Waals surface area contributed by atoms with Crippen LogP contribution in [0.3, 0.4) is 0 Å². The van der Waals surface area contributed by atoms with Crippen molar-refractivity contribution in [3.8, 4) is 0 Å². The van der Waals surface area contributed by atoms with Crippen LogP contribution in [0.5, 0.6) is 0 Å². The van der Waals surface area contributed by atoms with Crippen molar-refractivity contribution in [1.29, 1.82) is 0 Å². The maximum atomic E-state index is 11.6. The number of nitrogens with zero attached hydrogens (tertiary/aromatic N) is 1. The second kappa shape index (κ2) is 3.51. The Labute approximate surface area is 89.6 Å². The number of carbonyl (C=O) groups is 2. The quantitative estimate of drug-likeness (QED) is 0.616. The number of carbonyl (C=O) groups excluding carboxylic acids is 2. The minimum Gasteiger partial charge on any atom is -0.440 e. The Morgan fingerprint density at radius 2 is 2.00 bits per heavy atom. The molecule has 1 saturated heterocycles. The normalized spacial score (nSPS) is 29.3. The van der Waals surface area contributed by atoms with Crippen LogP contribution in [0.25, 0.3) is 0 Å². The van der Waals surface area contributed by atoms with E-state index in [9.17, 15) is 9.59 Å². The van der Waals surface area contributed by atoms with E-state index in [2.05, 4.69) is 0 Å². The average Bonchev–Trinajstić information content (AvgIpc) is 2.40. The van der Waals surface area contributed by atoms with Gasteiger partial charge in [-0.05, 0) is 32.6 Å². The fourth-order valence-corrected chi connectivity index (χ4v) is 2.77. The number of hydrogen-bond donors (Lipinski definition) is 0. The molecule has 1 saturated carbocycles. The summed E-state index contributed by atoms with van der Waals surface area (Å²) >= 11 is 0. The summed E-state index contributed by atoms with van der Waals surface area (Å²) in [6.07, 6.45) is 4.70. The lowest BCUT2D eigenvalue weighted by Crippen LogP contribution is -2.46. The van der Waals surface area contributed by atoms with Crippen LogP contribution in [-0.2, 0) is 9.53 Å². The lowest BCUT2D eigenvalue weighted by atomic mass is 9.80. The van der Waals surface area contributed by atoms with Gasteiger partial charge in [0, 0.05) is 6.92 Å². The second-order valence-corrected chi connectivity index (χ2v) is 4.56. The molecular formula is C11H17NO3. The Morgan fingerprint density at radius 1 is 1.40 bits per heavy atom. The van der Waals surface area contributed by atoms with E-state index in [1.165, 1.54) is 18.2 Å². The highest BCUT2D eigenvalue weighted by Crippen LogP contribution is 2.41. The largest absolute Gasteiger partial charge is 0.440 e. The zero-order valence-corrected chi connectivity index (χ0v) is 9.28. The predicted molar refractivity (Wildman–Crippen MR) is 54.3 cm³/mol. The molecule has 1 heterocycles. The topological polar surface area (TPSA) is 46.6 Å². The number of amides is 2. The summed E-state index contributed by atoms with van der Waals surface area (Å²) in [6.45, 7) is 3.33. The lowest BCUT2D eigenvalue weighted by Gasteiger charge is -2.35. The van der Waals surface area contributed by atoms with Gasteiger partial charge in [-0.25, -0.2) is 9.69 Å². The van der Waals surface area contributed by atoms with E-state index in [0.717, 1.165) is 25.7 Å². The van der Waals surface area contributed by atoms with Gasteiger partial charge in [-0.15, -0.1) is 0 Å². The van der Waals surface area contributed by atoms with E-state index in [-0.39, 0.29) is 17.6 Å². The molecule has 0 bridgehead atoms. The Balaban J connectivity index is 2.23. The number of rotatable bonds is 0. The number of hydrogen-bond acceptors (Lipinski definition) is 3. The van der Waals surface area contributed by atoms with Crippen molar-refractivity contribution in [2.75, 3.05) is 0 Å². The van der Waals surface area contributed by atoms with E-state index in [1.54, 1.807) is 0 Å². The summed E-state index contributed by atoms with van der Waals surface area (Å²) in [6, 6.07) is -0.109. The highest BCUT2D eigenvalue weighted by molar-refractivity contribution is 5.92. The van der Waals surface area contributed by atoms with Crippen LogP contribution >= 0.6 is 0 Å². The smallest absolute Gasteiger partial charge is 0.417 e.